The number of nitrogens with zero attached hydrogens (tertiary/aromatic N) is 2. The molecule has 0 saturated heterocycles. The van der Waals surface area contributed by atoms with Crippen LogP contribution < -0.4 is 10.6 Å². The molecular weight excluding hydrogens is 336 g/mol. The van der Waals surface area contributed by atoms with E-state index >= 15 is 0 Å². The summed E-state index contributed by atoms with van der Waals surface area (Å²) in [6.07, 6.45) is -0.588. The number of amides is 2. The largest absolute Gasteiger partial charge is 0.450 e. The standard InChI is InChI=1S/C18H16N4O4/c1-2-25-18(24)19-14-10-6-9-13(11-14)15(23)20-17-22-21-16(26-17)12-7-4-3-5-8-12/h3-11H,2H2,1H3,(H,19,24)(H,20,22,23). The summed E-state index contributed by atoms with van der Waals surface area (Å²) >= 11 is 0. The Balaban J connectivity index is 1.69. The fourth-order valence-corrected chi connectivity index (χ4v) is 2.16. The first-order chi connectivity index (χ1) is 12.7. The van der Waals surface area contributed by atoms with Crippen molar-refractivity contribution in [2.75, 3.05) is 17.2 Å². The van der Waals surface area contributed by atoms with Gasteiger partial charge in [0.05, 0.1) is 6.61 Å². The summed E-state index contributed by atoms with van der Waals surface area (Å²) in [7, 11) is 0. The van der Waals surface area contributed by atoms with Crippen LogP contribution in [0.2, 0.25) is 0 Å². The average molecular weight is 352 g/mol. The second-order valence-electron chi connectivity index (χ2n) is 5.16. The Labute approximate surface area is 149 Å². The van der Waals surface area contributed by atoms with Crippen molar-refractivity contribution in [2.24, 2.45) is 0 Å². The molecule has 8 heteroatoms. The van der Waals surface area contributed by atoms with E-state index in [-0.39, 0.29) is 12.6 Å². The molecule has 1 heterocycles. The number of aromatic nitrogens is 2. The summed E-state index contributed by atoms with van der Waals surface area (Å²) in [5.74, 6) is -0.139. The van der Waals surface area contributed by atoms with E-state index in [0.717, 1.165) is 5.56 Å². The molecule has 0 atom stereocenters. The zero-order valence-corrected chi connectivity index (χ0v) is 13.9. The van der Waals surface area contributed by atoms with Gasteiger partial charge in [-0.05, 0) is 37.3 Å². The molecule has 2 aromatic carbocycles. The molecule has 0 saturated carbocycles. The van der Waals surface area contributed by atoms with Gasteiger partial charge in [-0.15, -0.1) is 5.10 Å². The molecule has 0 aliphatic rings. The van der Waals surface area contributed by atoms with Crippen LogP contribution in [-0.2, 0) is 4.74 Å². The second kappa shape index (κ2) is 7.93. The van der Waals surface area contributed by atoms with Gasteiger partial charge in [-0.2, -0.15) is 0 Å². The van der Waals surface area contributed by atoms with Gasteiger partial charge in [0.2, 0.25) is 5.89 Å². The maximum atomic E-state index is 12.3. The third kappa shape index (κ3) is 4.23. The summed E-state index contributed by atoms with van der Waals surface area (Å²) in [5, 5.41) is 12.8. The van der Waals surface area contributed by atoms with E-state index in [1.54, 1.807) is 25.1 Å². The van der Waals surface area contributed by atoms with E-state index in [4.69, 9.17) is 9.15 Å². The van der Waals surface area contributed by atoms with E-state index in [1.807, 2.05) is 30.3 Å². The van der Waals surface area contributed by atoms with E-state index in [0.29, 0.717) is 17.1 Å². The van der Waals surface area contributed by atoms with E-state index in [2.05, 4.69) is 20.8 Å². The Morgan fingerprint density at radius 3 is 2.62 bits per heavy atom. The van der Waals surface area contributed by atoms with Crippen molar-refractivity contribution in [3.8, 4) is 11.5 Å². The van der Waals surface area contributed by atoms with Crippen LogP contribution in [0.1, 0.15) is 17.3 Å². The number of hydrogen-bond donors (Lipinski definition) is 2. The van der Waals surface area contributed by atoms with Gasteiger partial charge in [0.1, 0.15) is 0 Å². The van der Waals surface area contributed by atoms with Crippen LogP contribution in [0.3, 0.4) is 0 Å². The molecule has 0 unspecified atom stereocenters. The number of hydrogen-bond acceptors (Lipinski definition) is 6. The zero-order chi connectivity index (χ0) is 18.4. The van der Waals surface area contributed by atoms with Gasteiger partial charge < -0.3 is 9.15 Å². The van der Waals surface area contributed by atoms with Gasteiger partial charge in [0, 0.05) is 16.8 Å². The highest BCUT2D eigenvalue weighted by molar-refractivity contribution is 6.04. The number of rotatable bonds is 5. The normalized spacial score (nSPS) is 10.2. The lowest BCUT2D eigenvalue weighted by atomic mass is 10.2. The number of anilines is 2. The molecule has 0 fully saturated rings. The lowest BCUT2D eigenvalue weighted by molar-refractivity contribution is 0.102. The summed E-state index contributed by atoms with van der Waals surface area (Å²) in [6.45, 7) is 1.96. The van der Waals surface area contributed by atoms with E-state index in [1.165, 1.54) is 6.07 Å². The van der Waals surface area contributed by atoms with Gasteiger partial charge in [-0.25, -0.2) is 4.79 Å². The van der Waals surface area contributed by atoms with Crippen molar-refractivity contribution in [3.05, 3.63) is 60.2 Å². The Kier molecular flexibility index (Phi) is 5.23. The summed E-state index contributed by atoms with van der Waals surface area (Å²) < 4.78 is 10.2. The average Bonchev–Trinajstić information content (AvgIpc) is 3.11. The minimum atomic E-state index is -0.588. The number of nitrogens with one attached hydrogen (secondary N) is 2. The predicted molar refractivity (Wildman–Crippen MR) is 94.8 cm³/mol. The van der Waals surface area contributed by atoms with Crippen LogP contribution in [0.5, 0.6) is 0 Å². The van der Waals surface area contributed by atoms with Gasteiger partial charge >= 0.3 is 12.1 Å². The van der Waals surface area contributed by atoms with Crippen molar-refractivity contribution < 1.29 is 18.7 Å². The quantitative estimate of drug-likeness (QED) is 0.727. The van der Waals surface area contributed by atoms with Crippen molar-refractivity contribution in [3.63, 3.8) is 0 Å². The third-order valence-corrected chi connectivity index (χ3v) is 3.31. The van der Waals surface area contributed by atoms with Crippen molar-refractivity contribution in [1.29, 1.82) is 0 Å². The molecule has 0 radical (unpaired) electrons. The zero-order valence-electron chi connectivity index (χ0n) is 13.9. The Morgan fingerprint density at radius 2 is 1.85 bits per heavy atom. The Morgan fingerprint density at radius 1 is 1.04 bits per heavy atom. The summed E-state index contributed by atoms with van der Waals surface area (Å²) in [6, 6.07) is 15.6. The highest BCUT2D eigenvalue weighted by Gasteiger charge is 2.13. The predicted octanol–water partition coefficient (Wildman–Crippen LogP) is 3.56. The van der Waals surface area contributed by atoms with Crippen molar-refractivity contribution in [1.82, 2.24) is 10.2 Å². The van der Waals surface area contributed by atoms with E-state index in [9.17, 15) is 9.59 Å². The number of carbonyl (C=O) groups excluding carboxylic acids is 2. The second-order valence-corrected chi connectivity index (χ2v) is 5.16. The van der Waals surface area contributed by atoms with Crippen LogP contribution in [0.25, 0.3) is 11.5 Å². The minimum absolute atomic E-state index is 0.0161. The van der Waals surface area contributed by atoms with Gasteiger partial charge in [0.25, 0.3) is 5.91 Å². The first kappa shape index (κ1) is 17.2. The number of ether oxygens (including phenoxy) is 1. The Bertz CT molecular complexity index is 908. The molecule has 2 amide bonds. The van der Waals surface area contributed by atoms with Crippen LogP contribution >= 0.6 is 0 Å². The molecular formula is C18H16N4O4. The van der Waals surface area contributed by atoms with Crippen LogP contribution in [0.15, 0.2) is 59.0 Å². The van der Waals surface area contributed by atoms with Crippen LogP contribution in [0, 0.1) is 0 Å². The van der Waals surface area contributed by atoms with Crippen molar-refractivity contribution in [2.45, 2.75) is 6.92 Å². The molecule has 2 N–H and O–H groups in total. The van der Waals surface area contributed by atoms with Crippen LogP contribution in [-0.4, -0.2) is 28.8 Å². The lowest BCUT2D eigenvalue weighted by Crippen LogP contribution is -2.15. The fourth-order valence-electron chi connectivity index (χ4n) is 2.16. The highest BCUT2D eigenvalue weighted by Crippen LogP contribution is 2.20. The molecule has 0 bridgehead atoms. The topological polar surface area (TPSA) is 106 Å². The molecule has 3 rings (SSSR count). The molecule has 3 aromatic rings. The third-order valence-electron chi connectivity index (χ3n) is 3.31. The van der Waals surface area contributed by atoms with Crippen LogP contribution in [0.4, 0.5) is 16.5 Å². The van der Waals surface area contributed by atoms with Gasteiger partial charge in [0.15, 0.2) is 0 Å². The number of benzene rings is 2. The molecule has 1 aromatic heterocycles. The fraction of sp³-hybridized carbons (Fsp3) is 0.111. The first-order valence-electron chi connectivity index (χ1n) is 7.90. The maximum absolute atomic E-state index is 12.3. The highest BCUT2D eigenvalue weighted by atomic mass is 16.5. The molecule has 26 heavy (non-hydrogen) atoms. The molecule has 0 aliphatic heterocycles. The minimum Gasteiger partial charge on any atom is -0.450 e. The Hall–Kier alpha value is -3.68. The smallest absolute Gasteiger partial charge is 0.411 e. The molecule has 0 spiro atoms. The molecule has 0 aliphatic carbocycles. The lowest BCUT2D eigenvalue weighted by Gasteiger charge is -2.06. The SMILES string of the molecule is CCOC(=O)Nc1cccc(C(=O)Nc2nnc(-c3ccccc3)o2)c1. The first-order valence-corrected chi connectivity index (χ1v) is 7.90. The summed E-state index contributed by atoms with van der Waals surface area (Å²) in [5.41, 5.74) is 1.51. The number of carbonyl (C=O) groups is 2. The monoisotopic (exact) mass is 352 g/mol. The van der Waals surface area contributed by atoms with E-state index < -0.39 is 12.0 Å². The summed E-state index contributed by atoms with van der Waals surface area (Å²) in [4.78, 5) is 23.8. The van der Waals surface area contributed by atoms with Crippen molar-refractivity contribution >= 4 is 23.7 Å². The van der Waals surface area contributed by atoms with Gasteiger partial charge in [-0.3, -0.25) is 15.4 Å². The molecule has 132 valence electrons. The van der Waals surface area contributed by atoms with Gasteiger partial charge in [-0.1, -0.05) is 29.4 Å². The molecule has 8 nitrogen and oxygen atoms in total. The maximum Gasteiger partial charge on any atom is 0.411 e.